The number of furan rings is 1. The summed E-state index contributed by atoms with van der Waals surface area (Å²) in [6.07, 6.45) is 1.01. The van der Waals surface area contributed by atoms with Crippen molar-refractivity contribution in [3.05, 3.63) is 54.0 Å². The Labute approximate surface area is 163 Å². The van der Waals surface area contributed by atoms with Crippen molar-refractivity contribution in [2.24, 2.45) is 0 Å². The molecule has 0 fully saturated rings. The van der Waals surface area contributed by atoms with E-state index in [2.05, 4.69) is 16.0 Å². The van der Waals surface area contributed by atoms with E-state index in [0.29, 0.717) is 12.2 Å². The van der Waals surface area contributed by atoms with E-state index in [1.54, 1.807) is 51.1 Å². The third-order valence-corrected chi connectivity index (χ3v) is 3.44. The summed E-state index contributed by atoms with van der Waals surface area (Å²) in [5, 5.41) is 8.03. The van der Waals surface area contributed by atoms with Crippen LogP contribution in [0.3, 0.4) is 0 Å². The number of rotatable bonds is 7. The highest BCUT2D eigenvalue weighted by Gasteiger charge is 2.16. The second-order valence-corrected chi connectivity index (χ2v) is 7.09. The Morgan fingerprint density at radius 2 is 1.86 bits per heavy atom. The van der Waals surface area contributed by atoms with Crippen LogP contribution in [0.15, 0.2) is 47.1 Å². The summed E-state index contributed by atoms with van der Waals surface area (Å²) >= 11 is 0. The first-order valence-corrected chi connectivity index (χ1v) is 8.90. The SMILES string of the molecule is CC(C)(C)OC(=O)NCCC(=O)NCc1cccc(NC(=O)c2ccco2)c1. The van der Waals surface area contributed by atoms with E-state index in [1.165, 1.54) is 6.26 Å². The Morgan fingerprint density at radius 1 is 1.07 bits per heavy atom. The zero-order chi connectivity index (χ0) is 20.6. The average Bonchev–Trinajstić information content (AvgIpc) is 3.13. The monoisotopic (exact) mass is 387 g/mol. The van der Waals surface area contributed by atoms with Crippen LogP contribution in [-0.2, 0) is 16.1 Å². The van der Waals surface area contributed by atoms with E-state index < -0.39 is 11.7 Å². The lowest BCUT2D eigenvalue weighted by molar-refractivity contribution is -0.121. The number of carbonyl (C=O) groups is 3. The second kappa shape index (κ2) is 9.59. The summed E-state index contributed by atoms with van der Waals surface area (Å²) in [5.74, 6) is -0.336. The Hall–Kier alpha value is -3.29. The van der Waals surface area contributed by atoms with Crippen molar-refractivity contribution in [1.29, 1.82) is 0 Å². The summed E-state index contributed by atoms with van der Waals surface area (Å²) in [5.41, 5.74) is 0.842. The Balaban J connectivity index is 1.74. The van der Waals surface area contributed by atoms with Gasteiger partial charge < -0.3 is 25.1 Å². The summed E-state index contributed by atoms with van der Waals surface area (Å²) in [4.78, 5) is 35.4. The molecule has 2 aromatic rings. The van der Waals surface area contributed by atoms with Crippen LogP contribution in [0.5, 0.6) is 0 Å². The zero-order valence-electron chi connectivity index (χ0n) is 16.2. The number of anilines is 1. The second-order valence-electron chi connectivity index (χ2n) is 7.09. The number of alkyl carbamates (subject to hydrolysis) is 1. The predicted octanol–water partition coefficient (Wildman–Crippen LogP) is 3.06. The van der Waals surface area contributed by atoms with E-state index in [1.807, 2.05) is 6.07 Å². The van der Waals surface area contributed by atoms with E-state index in [0.717, 1.165) is 5.56 Å². The van der Waals surface area contributed by atoms with Crippen LogP contribution in [-0.4, -0.2) is 30.1 Å². The van der Waals surface area contributed by atoms with Crippen LogP contribution in [0, 0.1) is 0 Å². The van der Waals surface area contributed by atoms with Gasteiger partial charge in [-0.2, -0.15) is 0 Å². The molecule has 1 heterocycles. The van der Waals surface area contributed by atoms with Crippen molar-refractivity contribution in [2.75, 3.05) is 11.9 Å². The number of carbonyl (C=O) groups excluding carboxylic acids is 3. The number of ether oxygens (including phenoxy) is 1. The van der Waals surface area contributed by atoms with Crippen LogP contribution in [0.25, 0.3) is 0 Å². The molecule has 0 aliphatic rings. The van der Waals surface area contributed by atoms with Crippen LogP contribution >= 0.6 is 0 Å². The van der Waals surface area contributed by atoms with Crippen molar-refractivity contribution < 1.29 is 23.5 Å². The molecule has 1 aromatic carbocycles. The van der Waals surface area contributed by atoms with Crippen molar-refractivity contribution in [2.45, 2.75) is 39.3 Å². The maximum absolute atomic E-state index is 12.0. The van der Waals surface area contributed by atoms with Crippen LogP contribution < -0.4 is 16.0 Å². The molecule has 2 rings (SSSR count). The van der Waals surface area contributed by atoms with Gasteiger partial charge in [-0.25, -0.2) is 4.79 Å². The fourth-order valence-corrected chi connectivity index (χ4v) is 2.24. The first-order chi connectivity index (χ1) is 13.2. The standard InChI is InChI=1S/C20H25N3O5/c1-20(2,3)28-19(26)21-10-9-17(24)22-13-14-6-4-7-15(12-14)23-18(25)16-8-5-11-27-16/h4-8,11-12H,9-10,13H2,1-3H3,(H,21,26)(H,22,24)(H,23,25). The molecule has 3 amide bonds. The van der Waals surface area contributed by atoms with Gasteiger partial charge in [0.1, 0.15) is 5.60 Å². The van der Waals surface area contributed by atoms with Gasteiger partial charge in [-0.15, -0.1) is 0 Å². The third-order valence-electron chi connectivity index (χ3n) is 3.44. The first kappa shape index (κ1) is 21.0. The molecule has 8 nitrogen and oxygen atoms in total. The van der Waals surface area contributed by atoms with Crippen molar-refractivity contribution in [1.82, 2.24) is 10.6 Å². The normalized spacial score (nSPS) is 10.8. The molecule has 0 saturated carbocycles. The molecule has 0 unspecified atom stereocenters. The van der Waals surface area contributed by atoms with Crippen molar-refractivity contribution >= 4 is 23.6 Å². The molecule has 0 saturated heterocycles. The van der Waals surface area contributed by atoms with Crippen LogP contribution in [0.1, 0.15) is 43.3 Å². The molecule has 28 heavy (non-hydrogen) atoms. The van der Waals surface area contributed by atoms with Gasteiger partial charge in [0.25, 0.3) is 5.91 Å². The van der Waals surface area contributed by atoms with E-state index in [-0.39, 0.29) is 30.5 Å². The van der Waals surface area contributed by atoms with Gasteiger partial charge in [0.2, 0.25) is 5.91 Å². The molecular weight excluding hydrogens is 362 g/mol. The van der Waals surface area contributed by atoms with Gasteiger partial charge in [0.15, 0.2) is 5.76 Å². The highest BCUT2D eigenvalue weighted by molar-refractivity contribution is 6.02. The number of nitrogens with one attached hydrogen (secondary N) is 3. The van der Waals surface area contributed by atoms with E-state index >= 15 is 0 Å². The Kier molecular flexibility index (Phi) is 7.20. The summed E-state index contributed by atoms with van der Waals surface area (Å²) in [7, 11) is 0. The van der Waals surface area contributed by atoms with Gasteiger partial charge in [0, 0.05) is 25.2 Å². The quantitative estimate of drug-likeness (QED) is 0.676. The molecule has 0 aliphatic carbocycles. The van der Waals surface area contributed by atoms with Crippen molar-refractivity contribution in [3.8, 4) is 0 Å². The zero-order valence-corrected chi connectivity index (χ0v) is 16.2. The van der Waals surface area contributed by atoms with Gasteiger partial charge in [-0.3, -0.25) is 9.59 Å². The highest BCUT2D eigenvalue weighted by Crippen LogP contribution is 2.13. The molecule has 0 radical (unpaired) electrons. The van der Waals surface area contributed by atoms with Crippen molar-refractivity contribution in [3.63, 3.8) is 0 Å². The Bertz CT molecular complexity index is 809. The molecule has 0 spiro atoms. The number of hydrogen-bond acceptors (Lipinski definition) is 5. The van der Waals surface area contributed by atoms with Crippen LogP contribution in [0.4, 0.5) is 10.5 Å². The first-order valence-electron chi connectivity index (χ1n) is 8.90. The minimum atomic E-state index is -0.580. The maximum atomic E-state index is 12.0. The molecule has 0 atom stereocenters. The molecule has 3 N–H and O–H groups in total. The summed E-state index contributed by atoms with van der Waals surface area (Å²) in [6.45, 7) is 5.79. The topological polar surface area (TPSA) is 110 Å². The Morgan fingerprint density at radius 3 is 2.54 bits per heavy atom. The fraction of sp³-hybridized carbons (Fsp3) is 0.350. The number of benzene rings is 1. The lowest BCUT2D eigenvalue weighted by Gasteiger charge is -2.19. The van der Waals surface area contributed by atoms with E-state index in [9.17, 15) is 14.4 Å². The molecule has 0 bridgehead atoms. The molecule has 1 aromatic heterocycles. The van der Waals surface area contributed by atoms with Crippen LogP contribution in [0.2, 0.25) is 0 Å². The number of amides is 3. The van der Waals surface area contributed by atoms with E-state index in [4.69, 9.17) is 9.15 Å². The third kappa shape index (κ3) is 7.53. The van der Waals surface area contributed by atoms with Gasteiger partial charge in [0.05, 0.1) is 6.26 Å². The fourth-order valence-electron chi connectivity index (χ4n) is 2.24. The number of hydrogen-bond donors (Lipinski definition) is 3. The maximum Gasteiger partial charge on any atom is 0.407 e. The molecule has 150 valence electrons. The molecule has 0 aliphatic heterocycles. The molecule has 8 heteroatoms. The minimum absolute atomic E-state index is 0.133. The van der Waals surface area contributed by atoms with Gasteiger partial charge >= 0.3 is 6.09 Å². The smallest absolute Gasteiger partial charge is 0.407 e. The van der Waals surface area contributed by atoms with Gasteiger partial charge in [-0.1, -0.05) is 12.1 Å². The lowest BCUT2D eigenvalue weighted by atomic mass is 10.2. The highest BCUT2D eigenvalue weighted by atomic mass is 16.6. The largest absolute Gasteiger partial charge is 0.459 e. The van der Waals surface area contributed by atoms with Gasteiger partial charge in [-0.05, 0) is 50.6 Å². The predicted molar refractivity (Wildman–Crippen MR) is 104 cm³/mol. The average molecular weight is 387 g/mol. The lowest BCUT2D eigenvalue weighted by Crippen LogP contribution is -2.35. The summed E-state index contributed by atoms with van der Waals surface area (Å²) < 4.78 is 10.1. The minimum Gasteiger partial charge on any atom is -0.459 e. The summed E-state index contributed by atoms with van der Waals surface area (Å²) in [6, 6.07) is 10.3. The molecular formula is C20H25N3O5.